The molecule has 2 aliphatic carbocycles. The van der Waals surface area contributed by atoms with Gasteiger partial charge < -0.3 is 19.7 Å². The number of Topliss-reactive ketones (excluding diaryl/α,β-unsaturated/α-hetero) is 2. The lowest BCUT2D eigenvalue weighted by atomic mass is 9.63. The molecule has 0 aromatic heterocycles. The van der Waals surface area contributed by atoms with Gasteiger partial charge >= 0.3 is 0 Å². The summed E-state index contributed by atoms with van der Waals surface area (Å²) < 4.78 is 12.7. The van der Waals surface area contributed by atoms with E-state index in [4.69, 9.17) is 21.1 Å². The normalized spacial score (nSPS) is 18.5. The van der Waals surface area contributed by atoms with Crippen LogP contribution in [0.1, 0.15) is 82.9 Å². The molecule has 0 saturated heterocycles. The second kappa shape index (κ2) is 14.0. The number of benzene rings is 3. The number of carbonyl (C=O) groups excluding carboxylic acids is 3. The van der Waals surface area contributed by atoms with E-state index in [2.05, 4.69) is 66.0 Å². The van der Waals surface area contributed by atoms with E-state index in [1.807, 2.05) is 50.2 Å². The summed E-state index contributed by atoms with van der Waals surface area (Å²) in [4.78, 5) is 43.8. The Bertz CT molecular complexity index is 1880. The monoisotopic (exact) mass is 758 g/mol. The highest BCUT2D eigenvalue weighted by Crippen LogP contribution is 2.56. The van der Waals surface area contributed by atoms with Crippen LogP contribution in [-0.4, -0.2) is 35.6 Å². The number of amides is 1. The first-order valence-electron chi connectivity index (χ1n) is 17.2. The van der Waals surface area contributed by atoms with Crippen LogP contribution in [0.5, 0.6) is 11.5 Å². The minimum atomic E-state index is -0.557. The van der Waals surface area contributed by atoms with Crippen molar-refractivity contribution >= 4 is 50.7 Å². The fourth-order valence-corrected chi connectivity index (χ4v) is 8.26. The molecule has 0 bridgehead atoms. The van der Waals surface area contributed by atoms with Crippen molar-refractivity contribution in [3.05, 3.63) is 109 Å². The number of halogens is 2. The van der Waals surface area contributed by atoms with E-state index in [0.29, 0.717) is 76.7 Å². The number of rotatable bonds is 9. The maximum Gasteiger partial charge on any atom is 0.262 e. The molecule has 3 aromatic carbocycles. The predicted molar refractivity (Wildman–Crippen MR) is 200 cm³/mol. The molecule has 9 heteroatoms. The number of hydrogen-bond acceptors (Lipinski definition) is 6. The van der Waals surface area contributed by atoms with Crippen LogP contribution in [0.3, 0.4) is 0 Å². The number of nitrogens with one attached hydrogen (secondary N) is 1. The minimum Gasteiger partial charge on any atom is -0.490 e. The van der Waals surface area contributed by atoms with Crippen molar-refractivity contribution in [2.24, 2.45) is 10.8 Å². The van der Waals surface area contributed by atoms with Gasteiger partial charge in [-0.2, -0.15) is 0 Å². The summed E-state index contributed by atoms with van der Waals surface area (Å²) in [6.45, 7) is 13.0. The Morgan fingerprint density at radius 2 is 1.52 bits per heavy atom. The van der Waals surface area contributed by atoms with Crippen LogP contribution >= 0.6 is 27.5 Å². The van der Waals surface area contributed by atoms with Crippen LogP contribution in [0.4, 0.5) is 5.69 Å². The average Bonchev–Trinajstić information content (AvgIpc) is 3.02. The molecule has 6 rings (SSSR count). The minimum absolute atomic E-state index is 0.0609. The fourth-order valence-electron chi connectivity index (χ4n) is 7.50. The van der Waals surface area contributed by atoms with Crippen LogP contribution < -0.4 is 14.8 Å². The largest absolute Gasteiger partial charge is 0.490 e. The topological polar surface area (TPSA) is 84.9 Å². The molecule has 262 valence electrons. The van der Waals surface area contributed by atoms with E-state index < -0.39 is 5.92 Å². The average molecular weight is 760 g/mol. The van der Waals surface area contributed by atoms with Crippen molar-refractivity contribution < 1.29 is 23.9 Å². The molecule has 3 aromatic rings. The number of nitrogens with zero attached hydrogens (tertiary/aromatic N) is 1. The lowest BCUT2D eigenvalue weighted by Crippen LogP contribution is -2.44. The standard InChI is InChI=1S/C41H44BrClN2O5/c1-7-49-34-16-26(15-28(42)39(34)50-23-35(48)44-27-14-13-24(2)29(43)17-27)36-37-30(18-40(3,4)20-32(37)46)45(22-25-11-9-8-10-12-25)31-19-41(5,6)21-33(47)38(31)36/h8-17,36H,7,18-23H2,1-6H3,(H,44,48). The predicted octanol–water partition coefficient (Wildman–Crippen LogP) is 9.71. The van der Waals surface area contributed by atoms with E-state index in [-0.39, 0.29) is 34.9 Å². The zero-order valence-corrected chi connectivity index (χ0v) is 31.9. The molecule has 0 radical (unpaired) electrons. The number of allylic oxidation sites excluding steroid dienone is 4. The molecule has 1 aliphatic heterocycles. The molecule has 50 heavy (non-hydrogen) atoms. The Morgan fingerprint density at radius 3 is 2.10 bits per heavy atom. The third-order valence-corrected chi connectivity index (χ3v) is 10.7. The zero-order chi connectivity index (χ0) is 36.0. The Morgan fingerprint density at radius 1 is 0.900 bits per heavy atom. The molecule has 0 unspecified atom stereocenters. The van der Waals surface area contributed by atoms with Crippen LogP contribution in [0, 0.1) is 17.8 Å². The summed E-state index contributed by atoms with van der Waals surface area (Å²) in [7, 11) is 0. The molecule has 0 fully saturated rings. The SMILES string of the molecule is CCOc1cc(C2C3=C(CC(C)(C)CC3=O)N(Cc3ccccc3)C3=C2C(=O)CC(C)(C)C3)cc(Br)c1OCC(=O)Nc1ccc(C)c(Cl)c1. The van der Waals surface area contributed by atoms with E-state index >= 15 is 0 Å². The summed E-state index contributed by atoms with van der Waals surface area (Å²) in [5, 5.41) is 3.38. The van der Waals surface area contributed by atoms with Gasteiger partial charge in [0.2, 0.25) is 0 Å². The molecule has 3 aliphatic rings. The first kappa shape index (κ1) is 35.9. The molecule has 0 atom stereocenters. The quantitative estimate of drug-likeness (QED) is 0.234. The third kappa shape index (κ3) is 7.42. The van der Waals surface area contributed by atoms with Gasteiger partial charge in [0.05, 0.1) is 11.1 Å². The Balaban J connectivity index is 1.43. The van der Waals surface area contributed by atoms with E-state index in [0.717, 1.165) is 28.1 Å². The van der Waals surface area contributed by atoms with Crippen LogP contribution in [0.25, 0.3) is 0 Å². The summed E-state index contributed by atoms with van der Waals surface area (Å²) in [5.74, 6) is -0.00411. The van der Waals surface area contributed by atoms with Crippen LogP contribution in [-0.2, 0) is 20.9 Å². The number of anilines is 1. The third-order valence-electron chi connectivity index (χ3n) is 9.67. The summed E-state index contributed by atoms with van der Waals surface area (Å²) in [5.41, 5.74) is 6.26. The second-order valence-electron chi connectivity index (χ2n) is 15.2. The molecule has 1 amide bonds. The Hall–Kier alpha value is -3.88. The summed E-state index contributed by atoms with van der Waals surface area (Å²) in [6.07, 6.45) is 2.22. The first-order chi connectivity index (χ1) is 23.7. The molecule has 0 saturated carbocycles. The van der Waals surface area contributed by atoms with Gasteiger partial charge in [0.1, 0.15) is 0 Å². The maximum atomic E-state index is 14.3. The molecular weight excluding hydrogens is 716 g/mol. The second-order valence-corrected chi connectivity index (χ2v) is 16.4. The van der Waals surface area contributed by atoms with E-state index in [9.17, 15) is 14.4 Å². The smallest absolute Gasteiger partial charge is 0.262 e. The molecule has 1 heterocycles. The number of aryl methyl sites for hydroxylation is 1. The van der Waals surface area contributed by atoms with Crippen LogP contribution in [0.15, 0.2) is 87.7 Å². The lowest BCUT2D eigenvalue weighted by Gasteiger charge is -2.49. The highest BCUT2D eigenvalue weighted by atomic mass is 79.9. The van der Waals surface area contributed by atoms with Crippen molar-refractivity contribution in [1.29, 1.82) is 0 Å². The van der Waals surface area contributed by atoms with Crippen molar-refractivity contribution in [2.45, 2.75) is 79.7 Å². The molecule has 0 spiro atoms. The van der Waals surface area contributed by atoms with Crippen molar-refractivity contribution in [3.8, 4) is 11.5 Å². The zero-order valence-electron chi connectivity index (χ0n) is 29.5. The summed E-state index contributed by atoms with van der Waals surface area (Å²) in [6, 6.07) is 19.3. The molecular formula is C41H44BrClN2O5. The Kier molecular flexibility index (Phi) is 10.1. The van der Waals surface area contributed by atoms with Crippen molar-refractivity contribution in [3.63, 3.8) is 0 Å². The number of ether oxygens (including phenoxy) is 2. The van der Waals surface area contributed by atoms with Gasteiger partial charge in [-0.25, -0.2) is 0 Å². The number of ketones is 2. The molecule has 1 N–H and O–H groups in total. The number of carbonyl (C=O) groups is 3. The van der Waals surface area contributed by atoms with E-state index in [1.165, 1.54) is 0 Å². The first-order valence-corrected chi connectivity index (χ1v) is 18.3. The highest BCUT2D eigenvalue weighted by Gasteiger charge is 2.49. The maximum absolute atomic E-state index is 14.3. The van der Waals surface area contributed by atoms with Crippen LogP contribution in [0.2, 0.25) is 5.02 Å². The van der Waals surface area contributed by atoms with Gasteiger partial charge in [-0.1, -0.05) is 75.7 Å². The lowest BCUT2D eigenvalue weighted by molar-refractivity contribution is -0.120. The van der Waals surface area contributed by atoms with Gasteiger partial charge in [-0.3, -0.25) is 14.4 Å². The van der Waals surface area contributed by atoms with Crippen molar-refractivity contribution in [1.82, 2.24) is 4.90 Å². The fraction of sp³-hybridized carbons (Fsp3) is 0.390. The summed E-state index contributed by atoms with van der Waals surface area (Å²) >= 11 is 9.95. The van der Waals surface area contributed by atoms with Gasteiger partial charge in [-0.05, 0) is 94.4 Å². The van der Waals surface area contributed by atoms with Gasteiger partial charge in [0, 0.05) is 58.6 Å². The van der Waals surface area contributed by atoms with Gasteiger partial charge in [0.25, 0.3) is 5.91 Å². The molecule has 7 nitrogen and oxygen atoms in total. The van der Waals surface area contributed by atoms with E-state index in [1.54, 1.807) is 12.1 Å². The van der Waals surface area contributed by atoms with Gasteiger partial charge in [-0.15, -0.1) is 0 Å². The number of hydrogen-bond donors (Lipinski definition) is 1. The van der Waals surface area contributed by atoms with Crippen molar-refractivity contribution in [2.75, 3.05) is 18.5 Å². The van der Waals surface area contributed by atoms with Gasteiger partial charge in [0.15, 0.2) is 29.7 Å². The highest BCUT2D eigenvalue weighted by molar-refractivity contribution is 9.10. The Labute approximate surface area is 308 Å².